The fourth-order valence-corrected chi connectivity index (χ4v) is 2.88. The summed E-state index contributed by atoms with van der Waals surface area (Å²) in [7, 11) is 1.40. The van der Waals surface area contributed by atoms with Gasteiger partial charge in [-0.25, -0.2) is 4.79 Å². The molecule has 24 heavy (non-hydrogen) atoms. The minimum Gasteiger partial charge on any atom is -0.468 e. The third kappa shape index (κ3) is 2.58. The lowest BCUT2D eigenvalue weighted by molar-refractivity contribution is -0.143. The molecule has 0 spiro atoms. The van der Waals surface area contributed by atoms with Crippen molar-refractivity contribution in [1.82, 2.24) is 5.16 Å². The standard InChI is InChI=1S/C18H19NO5/c1-4-23-16(20)14-11(2)19-24-15(14)12-5-7-13(8-6-12)18(9-10-18)17(21)22-3/h5-8H,4,9-10H2,1-3H3. The first kappa shape index (κ1) is 16.2. The van der Waals surface area contributed by atoms with Crippen molar-refractivity contribution in [2.75, 3.05) is 13.7 Å². The minimum atomic E-state index is -0.519. The molecule has 0 aliphatic heterocycles. The van der Waals surface area contributed by atoms with Crippen LogP contribution in [0, 0.1) is 6.92 Å². The minimum absolute atomic E-state index is 0.210. The normalized spacial score (nSPS) is 15.0. The zero-order valence-electron chi connectivity index (χ0n) is 13.9. The van der Waals surface area contributed by atoms with E-state index in [4.69, 9.17) is 14.0 Å². The summed E-state index contributed by atoms with van der Waals surface area (Å²) < 4.78 is 15.3. The quantitative estimate of drug-likeness (QED) is 0.785. The molecule has 0 N–H and O–H groups in total. The number of nitrogens with zero attached hydrogens (tertiary/aromatic N) is 1. The molecule has 3 rings (SSSR count). The Morgan fingerprint density at radius 3 is 2.46 bits per heavy atom. The van der Waals surface area contributed by atoms with Crippen LogP contribution in [0.4, 0.5) is 0 Å². The van der Waals surface area contributed by atoms with E-state index in [1.165, 1.54) is 7.11 Å². The molecular formula is C18H19NO5. The number of ether oxygens (including phenoxy) is 2. The van der Waals surface area contributed by atoms with Gasteiger partial charge in [0.1, 0.15) is 5.56 Å². The summed E-state index contributed by atoms with van der Waals surface area (Å²) in [6, 6.07) is 7.38. The van der Waals surface area contributed by atoms with Crippen molar-refractivity contribution in [2.24, 2.45) is 0 Å². The lowest BCUT2D eigenvalue weighted by atomic mass is 9.94. The van der Waals surface area contributed by atoms with Gasteiger partial charge in [0.2, 0.25) is 0 Å². The lowest BCUT2D eigenvalue weighted by Gasteiger charge is -2.13. The van der Waals surface area contributed by atoms with Crippen LogP contribution < -0.4 is 0 Å². The molecule has 1 saturated carbocycles. The van der Waals surface area contributed by atoms with E-state index in [0.29, 0.717) is 22.6 Å². The van der Waals surface area contributed by atoms with E-state index in [9.17, 15) is 9.59 Å². The SMILES string of the molecule is CCOC(=O)c1c(C)noc1-c1ccc(C2(C(=O)OC)CC2)cc1. The summed E-state index contributed by atoms with van der Waals surface area (Å²) in [6.07, 6.45) is 1.57. The zero-order chi connectivity index (χ0) is 17.3. The molecule has 0 amide bonds. The van der Waals surface area contributed by atoms with E-state index in [2.05, 4.69) is 5.16 Å². The highest BCUT2D eigenvalue weighted by Gasteiger charge is 2.52. The van der Waals surface area contributed by atoms with Gasteiger partial charge in [-0.2, -0.15) is 0 Å². The fraction of sp³-hybridized carbons (Fsp3) is 0.389. The number of hydrogen-bond donors (Lipinski definition) is 0. The molecule has 6 nitrogen and oxygen atoms in total. The van der Waals surface area contributed by atoms with Gasteiger partial charge in [0, 0.05) is 5.56 Å². The van der Waals surface area contributed by atoms with E-state index >= 15 is 0 Å². The number of esters is 2. The monoisotopic (exact) mass is 329 g/mol. The Kier molecular flexibility index (Phi) is 4.13. The molecule has 2 aromatic rings. The molecule has 0 radical (unpaired) electrons. The highest BCUT2D eigenvalue weighted by Crippen LogP contribution is 2.49. The van der Waals surface area contributed by atoms with Crippen LogP contribution >= 0.6 is 0 Å². The Bertz CT molecular complexity index is 771. The van der Waals surface area contributed by atoms with Crippen LogP contribution in [0.2, 0.25) is 0 Å². The predicted molar refractivity (Wildman–Crippen MR) is 85.6 cm³/mol. The van der Waals surface area contributed by atoms with E-state index < -0.39 is 11.4 Å². The number of rotatable bonds is 5. The van der Waals surface area contributed by atoms with Crippen molar-refractivity contribution in [2.45, 2.75) is 32.1 Å². The number of methoxy groups -OCH3 is 1. The first-order valence-electron chi connectivity index (χ1n) is 7.86. The average molecular weight is 329 g/mol. The fourth-order valence-electron chi connectivity index (χ4n) is 2.88. The van der Waals surface area contributed by atoms with E-state index in [-0.39, 0.29) is 12.6 Å². The second-order valence-electron chi connectivity index (χ2n) is 5.84. The highest BCUT2D eigenvalue weighted by molar-refractivity contribution is 5.96. The third-order valence-corrected chi connectivity index (χ3v) is 4.37. The van der Waals surface area contributed by atoms with Crippen molar-refractivity contribution in [1.29, 1.82) is 0 Å². The largest absolute Gasteiger partial charge is 0.468 e. The van der Waals surface area contributed by atoms with Crippen molar-refractivity contribution >= 4 is 11.9 Å². The Hall–Kier alpha value is -2.63. The van der Waals surface area contributed by atoms with Gasteiger partial charge in [-0.15, -0.1) is 0 Å². The molecule has 1 heterocycles. The van der Waals surface area contributed by atoms with Crippen molar-refractivity contribution in [3.8, 4) is 11.3 Å². The molecule has 1 aliphatic carbocycles. The van der Waals surface area contributed by atoms with Crippen LogP contribution in [0.25, 0.3) is 11.3 Å². The van der Waals surface area contributed by atoms with E-state index in [0.717, 1.165) is 18.4 Å². The molecule has 0 atom stereocenters. The predicted octanol–water partition coefficient (Wildman–Crippen LogP) is 3.03. The van der Waals surface area contributed by atoms with Crippen molar-refractivity contribution < 1.29 is 23.6 Å². The molecule has 1 aromatic heterocycles. The van der Waals surface area contributed by atoms with Crippen LogP contribution in [-0.4, -0.2) is 30.8 Å². The summed E-state index contributed by atoms with van der Waals surface area (Å²) in [5, 5.41) is 3.87. The summed E-state index contributed by atoms with van der Waals surface area (Å²) in [4.78, 5) is 24.1. The van der Waals surface area contributed by atoms with E-state index in [1.54, 1.807) is 13.8 Å². The molecule has 0 bridgehead atoms. The smallest absolute Gasteiger partial charge is 0.344 e. The maximum absolute atomic E-state index is 12.1. The zero-order valence-corrected chi connectivity index (χ0v) is 13.9. The maximum Gasteiger partial charge on any atom is 0.344 e. The van der Waals surface area contributed by atoms with Gasteiger partial charge in [0.25, 0.3) is 0 Å². The summed E-state index contributed by atoms with van der Waals surface area (Å²) in [5.41, 5.74) is 1.92. The van der Waals surface area contributed by atoms with Crippen LogP contribution in [0.3, 0.4) is 0 Å². The summed E-state index contributed by atoms with van der Waals surface area (Å²) in [5.74, 6) is -0.290. The van der Waals surface area contributed by atoms with Crippen molar-refractivity contribution in [3.63, 3.8) is 0 Å². The molecule has 0 unspecified atom stereocenters. The third-order valence-electron chi connectivity index (χ3n) is 4.37. The number of hydrogen-bond acceptors (Lipinski definition) is 6. The van der Waals surface area contributed by atoms with Gasteiger partial charge >= 0.3 is 11.9 Å². The first-order valence-corrected chi connectivity index (χ1v) is 7.86. The second kappa shape index (κ2) is 6.11. The van der Waals surface area contributed by atoms with Crippen LogP contribution in [-0.2, 0) is 19.7 Å². The van der Waals surface area contributed by atoms with Gasteiger partial charge < -0.3 is 14.0 Å². The van der Waals surface area contributed by atoms with Gasteiger partial charge in [-0.05, 0) is 32.3 Å². The second-order valence-corrected chi connectivity index (χ2v) is 5.84. The van der Waals surface area contributed by atoms with Gasteiger partial charge in [-0.3, -0.25) is 4.79 Å². The number of carbonyl (C=O) groups is 2. The van der Waals surface area contributed by atoms with Crippen LogP contribution in [0.15, 0.2) is 28.8 Å². The van der Waals surface area contributed by atoms with Crippen LogP contribution in [0.5, 0.6) is 0 Å². The molecule has 1 aromatic carbocycles. The lowest BCUT2D eigenvalue weighted by Crippen LogP contribution is -2.21. The molecule has 0 saturated heterocycles. The maximum atomic E-state index is 12.1. The Morgan fingerprint density at radius 1 is 1.25 bits per heavy atom. The number of aryl methyl sites for hydroxylation is 1. The van der Waals surface area contributed by atoms with E-state index in [1.807, 2.05) is 24.3 Å². The Balaban J connectivity index is 1.93. The van der Waals surface area contributed by atoms with Crippen molar-refractivity contribution in [3.05, 3.63) is 41.1 Å². The molecule has 1 fully saturated rings. The Labute approximate surface area is 139 Å². The van der Waals surface area contributed by atoms with Gasteiger partial charge in [0.15, 0.2) is 5.76 Å². The summed E-state index contributed by atoms with van der Waals surface area (Å²) in [6.45, 7) is 3.73. The molecule has 1 aliphatic rings. The van der Waals surface area contributed by atoms with Crippen LogP contribution in [0.1, 0.15) is 41.4 Å². The summed E-state index contributed by atoms with van der Waals surface area (Å²) >= 11 is 0. The number of carbonyl (C=O) groups excluding carboxylic acids is 2. The van der Waals surface area contributed by atoms with Gasteiger partial charge in [-0.1, -0.05) is 29.4 Å². The number of aromatic nitrogens is 1. The molecule has 126 valence electrons. The first-order chi connectivity index (χ1) is 11.5. The average Bonchev–Trinajstić information content (AvgIpc) is 3.31. The van der Waals surface area contributed by atoms with Gasteiger partial charge in [0.05, 0.1) is 24.8 Å². The highest BCUT2D eigenvalue weighted by atomic mass is 16.5. The Morgan fingerprint density at radius 2 is 1.92 bits per heavy atom. The topological polar surface area (TPSA) is 78.6 Å². The molecular weight excluding hydrogens is 310 g/mol. The molecule has 6 heteroatoms. The number of benzene rings is 1.